The van der Waals surface area contributed by atoms with Crippen LogP contribution >= 0.6 is 0 Å². The zero-order chi connectivity index (χ0) is 22.6. The number of pyridine rings is 1. The van der Waals surface area contributed by atoms with Gasteiger partial charge in [-0.1, -0.05) is 84.9 Å². The molecule has 7 aromatic rings. The molecule has 0 bridgehead atoms. The Hall–Kier alpha value is -4.77. The first-order valence-electron chi connectivity index (χ1n) is 11.2. The molecule has 0 radical (unpaired) electrons. The highest BCUT2D eigenvalue weighted by Gasteiger charge is 2.20. The zero-order valence-corrected chi connectivity index (χ0v) is 18.1. The number of rotatable bonds is 2. The first kappa shape index (κ1) is 18.8. The Morgan fingerprint density at radius 1 is 0.647 bits per heavy atom. The van der Waals surface area contributed by atoms with E-state index in [0.29, 0.717) is 11.5 Å². The molecule has 0 spiro atoms. The molecule has 0 atom stereocenters. The van der Waals surface area contributed by atoms with Gasteiger partial charge in [0.15, 0.2) is 0 Å². The van der Waals surface area contributed by atoms with Gasteiger partial charge in [-0.15, -0.1) is 0 Å². The van der Waals surface area contributed by atoms with Crippen LogP contribution < -0.4 is 5.56 Å². The van der Waals surface area contributed by atoms with Crippen molar-refractivity contribution in [3.63, 3.8) is 0 Å². The van der Waals surface area contributed by atoms with Gasteiger partial charge in [-0.3, -0.25) is 9.36 Å². The lowest BCUT2D eigenvalue weighted by Gasteiger charge is -2.11. The molecular formula is C29H18N4O. The SMILES string of the molecule is O=c1[nH]c2ccccc2c2c3ccccc3n(-c3nc(-c4ccccc4)c4ccccc4n3)c12. The van der Waals surface area contributed by atoms with Crippen LogP contribution in [0.25, 0.3) is 60.8 Å². The largest absolute Gasteiger partial charge is 0.320 e. The molecule has 5 nitrogen and oxygen atoms in total. The van der Waals surface area contributed by atoms with Crippen molar-refractivity contribution >= 4 is 43.6 Å². The van der Waals surface area contributed by atoms with Gasteiger partial charge in [0.2, 0.25) is 5.95 Å². The molecule has 34 heavy (non-hydrogen) atoms. The van der Waals surface area contributed by atoms with Crippen molar-refractivity contribution in [2.45, 2.75) is 0 Å². The van der Waals surface area contributed by atoms with Gasteiger partial charge in [-0.2, -0.15) is 0 Å². The van der Waals surface area contributed by atoms with E-state index in [4.69, 9.17) is 9.97 Å². The molecule has 3 aromatic heterocycles. The quantitative estimate of drug-likeness (QED) is 0.348. The van der Waals surface area contributed by atoms with E-state index in [1.54, 1.807) is 0 Å². The molecule has 4 aromatic carbocycles. The Morgan fingerprint density at radius 2 is 1.32 bits per heavy atom. The zero-order valence-electron chi connectivity index (χ0n) is 18.1. The van der Waals surface area contributed by atoms with Gasteiger partial charge in [0.05, 0.1) is 16.7 Å². The summed E-state index contributed by atoms with van der Waals surface area (Å²) in [6.07, 6.45) is 0. The van der Waals surface area contributed by atoms with E-state index in [-0.39, 0.29) is 5.56 Å². The molecule has 5 heteroatoms. The maximum Gasteiger partial charge on any atom is 0.273 e. The van der Waals surface area contributed by atoms with Crippen LogP contribution in [0.2, 0.25) is 0 Å². The summed E-state index contributed by atoms with van der Waals surface area (Å²) in [6, 6.07) is 34.0. The second kappa shape index (κ2) is 7.12. The summed E-state index contributed by atoms with van der Waals surface area (Å²) in [7, 11) is 0. The lowest BCUT2D eigenvalue weighted by atomic mass is 10.1. The molecule has 0 aliphatic heterocycles. The number of benzene rings is 4. The third-order valence-electron chi connectivity index (χ3n) is 6.37. The molecular weight excluding hydrogens is 420 g/mol. The minimum atomic E-state index is -0.164. The molecule has 0 aliphatic rings. The number of H-pyrrole nitrogens is 1. The summed E-state index contributed by atoms with van der Waals surface area (Å²) in [4.78, 5) is 26.5. The maximum absolute atomic E-state index is 13.4. The summed E-state index contributed by atoms with van der Waals surface area (Å²) in [5.74, 6) is 0.476. The molecule has 0 saturated carbocycles. The van der Waals surface area contributed by atoms with Crippen molar-refractivity contribution in [2.24, 2.45) is 0 Å². The van der Waals surface area contributed by atoms with Crippen LogP contribution in [0.1, 0.15) is 0 Å². The first-order chi connectivity index (χ1) is 16.8. The Labute approximate surface area is 194 Å². The lowest BCUT2D eigenvalue weighted by molar-refractivity contribution is 1.01. The molecule has 0 saturated heterocycles. The summed E-state index contributed by atoms with van der Waals surface area (Å²) in [5.41, 5.74) is 4.76. The highest BCUT2D eigenvalue weighted by molar-refractivity contribution is 6.20. The molecule has 1 N–H and O–H groups in total. The van der Waals surface area contributed by atoms with Crippen molar-refractivity contribution in [3.05, 3.63) is 113 Å². The van der Waals surface area contributed by atoms with Crippen LogP contribution in [0.4, 0.5) is 0 Å². The number of hydrogen-bond acceptors (Lipinski definition) is 3. The van der Waals surface area contributed by atoms with Gasteiger partial charge in [0.25, 0.3) is 5.56 Å². The maximum atomic E-state index is 13.4. The number of aromatic amines is 1. The molecule has 0 fully saturated rings. The van der Waals surface area contributed by atoms with E-state index < -0.39 is 0 Å². The smallest absolute Gasteiger partial charge is 0.273 e. The van der Waals surface area contributed by atoms with Crippen molar-refractivity contribution in [3.8, 4) is 17.2 Å². The van der Waals surface area contributed by atoms with Crippen LogP contribution in [0.15, 0.2) is 108 Å². The first-order valence-corrected chi connectivity index (χ1v) is 11.2. The van der Waals surface area contributed by atoms with E-state index in [1.165, 1.54) is 0 Å². The van der Waals surface area contributed by atoms with E-state index >= 15 is 0 Å². The summed E-state index contributed by atoms with van der Waals surface area (Å²) < 4.78 is 1.90. The molecule has 7 rings (SSSR count). The monoisotopic (exact) mass is 438 g/mol. The number of aromatic nitrogens is 4. The molecule has 0 amide bonds. The van der Waals surface area contributed by atoms with Gasteiger partial charge in [-0.25, -0.2) is 9.97 Å². The van der Waals surface area contributed by atoms with Crippen molar-refractivity contribution < 1.29 is 0 Å². The van der Waals surface area contributed by atoms with Crippen LogP contribution in [-0.2, 0) is 0 Å². The van der Waals surface area contributed by atoms with Crippen molar-refractivity contribution in [1.29, 1.82) is 0 Å². The van der Waals surface area contributed by atoms with E-state index in [1.807, 2.05) is 102 Å². The predicted molar refractivity (Wildman–Crippen MR) is 137 cm³/mol. The Kier molecular flexibility index (Phi) is 3.93. The van der Waals surface area contributed by atoms with Crippen LogP contribution in [0.3, 0.4) is 0 Å². The highest BCUT2D eigenvalue weighted by atomic mass is 16.1. The van der Waals surface area contributed by atoms with Gasteiger partial charge < -0.3 is 4.98 Å². The average Bonchev–Trinajstić information content (AvgIpc) is 3.25. The van der Waals surface area contributed by atoms with Crippen LogP contribution in [0.5, 0.6) is 0 Å². The normalized spacial score (nSPS) is 11.6. The number of para-hydroxylation sites is 3. The fourth-order valence-corrected chi connectivity index (χ4v) is 4.91. The predicted octanol–water partition coefficient (Wildman–Crippen LogP) is 6.24. The minimum absolute atomic E-state index is 0.164. The fourth-order valence-electron chi connectivity index (χ4n) is 4.91. The third-order valence-corrected chi connectivity index (χ3v) is 6.37. The fraction of sp³-hybridized carbons (Fsp3) is 0. The second-order valence-electron chi connectivity index (χ2n) is 8.33. The number of nitrogens with one attached hydrogen (secondary N) is 1. The van der Waals surface area contributed by atoms with E-state index in [9.17, 15) is 4.79 Å². The average molecular weight is 438 g/mol. The van der Waals surface area contributed by atoms with Crippen LogP contribution in [-0.4, -0.2) is 19.5 Å². The topological polar surface area (TPSA) is 63.6 Å². The Balaban J connectivity index is 1.68. The Bertz CT molecular complexity index is 1930. The van der Waals surface area contributed by atoms with Gasteiger partial charge in [0.1, 0.15) is 5.52 Å². The van der Waals surface area contributed by atoms with Crippen LogP contribution in [0, 0.1) is 0 Å². The van der Waals surface area contributed by atoms with Gasteiger partial charge in [0, 0.05) is 32.6 Å². The Morgan fingerprint density at radius 3 is 2.18 bits per heavy atom. The number of fused-ring (bicyclic) bond motifs is 6. The standard InChI is InChI=1S/C29H18N4O/c34-28-27-25(19-12-4-7-15-22(19)30-28)21-14-6-9-17-24(21)33(27)29-31-23-16-8-5-13-20(23)26(32-29)18-10-2-1-3-11-18/h1-17H,(H,30,34). The third kappa shape index (κ3) is 2.64. The van der Waals surface area contributed by atoms with Crippen molar-refractivity contribution in [2.75, 3.05) is 0 Å². The number of hydrogen-bond donors (Lipinski definition) is 1. The summed E-state index contributed by atoms with van der Waals surface area (Å²) >= 11 is 0. The highest BCUT2D eigenvalue weighted by Crippen LogP contribution is 2.35. The molecule has 0 unspecified atom stereocenters. The van der Waals surface area contributed by atoms with Crippen molar-refractivity contribution in [1.82, 2.24) is 19.5 Å². The lowest BCUT2D eigenvalue weighted by Crippen LogP contribution is -2.12. The summed E-state index contributed by atoms with van der Waals surface area (Å²) in [5, 5.41) is 3.87. The van der Waals surface area contributed by atoms with E-state index in [2.05, 4.69) is 11.1 Å². The second-order valence-corrected chi connectivity index (χ2v) is 8.33. The molecule has 3 heterocycles. The number of nitrogens with zero attached hydrogens (tertiary/aromatic N) is 3. The van der Waals surface area contributed by atoms with Gasteiger partial charge >= 0.3 is 0 Å². The molecule has 0 aliphatic carbocycles. The molecule has 160 valence electrons. The minimum Gasteiger partial charge on any atom is -0.320 e. The van der Waals surface area contributed by atoms with E-state index in [0.717, 1.165) is 49.4 Å². The van der Waals surface area contributed by atoms with Gasteiger partial charge in [-0.05, 0) is 18.2 Å². The summed E-state index contributed by atoms with van der Waals surface area (Å²) in [6.45, 7) is 0.